The number of carbonyl (C=O) groups excluding carboxylic acids is 2. The third-order valence-electron chi connectivity index (χ3n) is 5.37. The molecule has 1 aromatic heterocycles. The fourth-order valence-electron chi connectivity index (χ4n) is 3.44. The highest BCUT2D eigenvalue weighted by Gasteiger charge is 2.40. The number of rotatable bonds is 8. The summed E-state index contributed by atoms with van der Waals surface area (Å²) in [6, 6.07) is 8.66. The summed E-state index contributed by atoms with van der Waals surface area (Å²) in [4.78, 5) is 32.2. The molecule has 0 bridgehead atoms. The number of halogens is 2. The Hall–Kier alpha value is -2.51. The SMILES string of the molecule is COc1ccc(CN(C(=O)C(C)C(=O)OC(C)(C)C)C(C)(C)c2ccc(Cl)nc2Cl)c(OC)c1. The summed E-state index contributed by atoms with van der Waals surface area (Å²) in [5.74, 6) is -0.937. The van der Waals surface area contributed by atoms with Crippen molar-refractivity contribution in [3.8, 4) is 11.5 Å². The van der Waals surface area contributed by atoms with Crippen molar-refractivity contribution in [3.05, 3.63) is 51.8 Å². The van der Waals surface area contributed by atoms with Crippen molar-refractivity contribution in [3.63, 3.8) is 0 Å². The van der Waals surface area contributed by atoms with Crippen LogP contribution in [0.4, 0.5) is 0 Å². The lowest BCUT2D eigenvalue weighted by molar-refractivity contribution is -0.165. The third kappa shape index (κ3) is 6.54. The van der Waals surface area contributed by atoms with Crippen LogP contribution < -0.4 is 9.47 Å². The van der Waals surface area contributed by atoms with Crippen LogP contribution >= 0.6 is 23.2 Å². The van der Waals surface area contributed by atoms with E-state index in [-0.39, 0.29) is 16.9 Å². The predicted octanol–water partition coefficient (Wildman–Crippen LogP) is 5.65. The van der Waals surface area contributed by atoms with Crippen LogP contribution in [-0.2, 0) is 26.4 Å². The lowest BCUT2D eigenvalue weighted by Gasteiger charge is -2.41. The lowest BCUT2D eigenvalue weighted by atomic mass is 9.91. The highest BCUT2D eigenvalue weighted by atomic mass is 35.5. The Bertz CT molecular complexity index is 1050. The summed E-state index contributed by atoms with van der Waals surface area (Å²) >= 11 is 12.4. The van der Waals surface area contributed by atoms with Crippen molar-refractivity contribution >= 4 is 35.1 Å². The Labute approximate surface area is 211 Å². The maximum atomic E-state index is 13.8. The molecule has 1 aromatic carbocycles. The molecular weight excluding hydrogens is 479 g/mol. The molecule has 0 aliphatic rings. The van der Waals surface area contributed by atoms with E-state index in [1.165, 1.54) is 6.92 Å². The first-order chi connectivity index (χ1) is 15.7. The average molecular weight is 511 g/mol. The molecule has 7 nitrogen and oxygen atoms in total. The molecular formula is C25H32Cl2N2O5. The molecule has 0 aliphatic carbocycles. The largest absolute Gasteiger partial charge is 0.497 e. The predicted molar refractivity (Wildman–Crippen MR) is 132 cm³/mol. The van der Waals surface area contributed by atoms with Crippen molar-refractivity contribution in [1.82, 2.24) is 9.88 Å². The number of amides is 1. The molecule has 186 valence electrons. The van der Waals surface area contributed by atoms with Crippen LogP contribution in [0, 0.1) is 5.92 Å². The number of esters is 1. The van der Waals surface area contributed by atoms with Gasteiger partial charge in [-0.15, -0.1) is 0 Å². The number of pyridine rings is 1. The molecule has 0 radical (unpaired) electrons. The topological polar surface area (TPSA) is 78.0 Å². The minimum absolute atomic E-state index is 0.130. The second-order valence-corrected chi connectivity index (χ2v) is 10.1. The van der Waals surface area contributed by atoms with E-state index in [2.05, 4.69) is 4.98 Å². The standard InChI is InChI=1S/C25H32Cl2N2O5/c1-15(23(31)34-24(2,3)4)22(30)29(14-16-9-10-17(32-7)13-19(16)33-8)25(5,6)18-11-12-20(26)28-21(18)27/h9-13,15H,14H2,1-8H3. The van der Waals surface area contributed by atoms with E-state index in [0.29, 0.717) is 17.1 Å². The Morgan fingerprint density at radius 1 is 1.03 bits per heavy atom. The number of nitrogens with zero attached hydrogens (tertiary/aromatic N) is 2. The average Bonchev–Trinajstić information content (AvgIpc) is 2.74. The van der Waals surface area contributed by atoms with Crippen LogP contribution in [0.15, 0.2) is 30.3 Å². The number of carbonyl (C=O) groups is 2. The van der Waals surface area contributed by atoms with Gasteiger partial charge in [0, 0.05) is 17.2 Å². The van der Waals surface area contributed by atoms with Gasteiger partial charge >= 0.3 is 5.97 Å². The van der Waals surface area contributed by atoms with Gasteiger partial charge in [-0.3, -0.25) is 9.59 Å². The molecule has 1 amide bonds. The highest BCUT2D eigenvalue weighted by Crippen LogP contribution is 2.37. The van der Waals surface area contributed by atoms with E-state index in [1.54, 1.807) is 64.2 Å². The molecule has 0 fully saturated rings. The summed E-state index contributed by atoms with van der Waals surface area (Å²) in [7, 11) is 3.10. The molecule has 0 spiro atoms. The molecule has 1 unspecified atom stereocenters. The van der Waals surface area contributed by atoms with E-state index < -0.39 is 28.9 Å². The van der Waals surface area contributed by atoms with Gasteiger partial charge in [-0.05, 0) is 59.7 Å². The van der Waals surface area contributed by atoms with E-state index in [1.807, 2.05) is 19.9 Å². The molecule has 9 heteroatoms. The van der Waals surface area contributed by atoms with Gasteiger partial charge in [0.25, 0.3) is 0 Å². The van der Waals surface area contributed by atoms with Crippen LogP contribution in [0.2, 0.25) is 10.3 Å². The van der Waals surface area contributed by atoms with E-state index in [4.69, 9.17) is 37.4 Å². The number of hydrogen-bond acceptors (Lipinski definition) is 6. The smallest absolute Gasteiger partial charge is 0.318 e. The Morgan fingerprint density at radius 3 is 2.21 bits per heavy atom. The summed E-state index contributed by atoms with van der Waals surface area (Å²) < 4.78 is 16.3. The highest BCUT2D eigenvalue weighted by molar-refractivity contribution is 6.33. The molecule has 0 N–H and O–H groups in total. The fraction of sp³-hybridized carbons (Fsp3) is 0.480. The quantitative estimate of drug-likeness (QED) is 0.259. The summed E-state index contributed by atoms with van der Waals surface area (Å²) in [6.45, 7) is 10.6. The Morgan fingerprint density at radius 2 is 1.68 bits per heavy atom. The molecule has 1 heterocycles. The maximum Gasteiger partial charge on any atom is 0.318 e. The second kappa shape index (κ2) is 10.8. The van der Waals surface area contributed by atoms with Crippen LogP contribution in [0.1, 0.15) is 52.7 Å². The van der Waals surface area contributed by atoms with Gasteiger partial charge in [0.05, 0.1) is 26.3 Å². The van der Waals surface area contributed by atoms with Crippen molar-refractivity contribution < 1.29 is 23.8 Å². The molecule has 2 rings (SSSR count). The summed E-state index contributed by atoms with van der Waals surface area (Å²) in [5, 5.41) is 0.406. The second-order valence-electron chi connectivity index (χ2n) is 9.39. The van der Waals surface area contributed by atoms with E-state index in [0.717, 1.165) is 5.56 Å². The first-order valence-electron chi connectivity index (χ1n) is 10.8. The minimum atomic E-state index is -1.05. The van der Waals surface area contributed by atoms with Gasteiger partial charge in [-0.25, -0.2) is 4.98 Å². The first kappa shape index (κ1) is 27.7. The lowest BCUT2D eigenvalue weighted by Crippen LogP contribution is -2.49. The number of benzene rings is 1. The normalized spacial score (nSPS) is 12.6. The van der Waals surface area contributed by atoms with Crippen molar-refractivity contribution in [2.24, 2.45) is 5.92 Å². The number of hydrogen-bond donors (Lipinski definition) is 0. The van der Waals surface area contributed by atoms with Gasteiger partial charge in [-0.1, -0.05) is 29.3 Å². The Balaban J connectivity index is 2.56. The van der Waals surface area contributed by atoms with Crippen molar-refractivity contribution in [2.45, 2.75) is 59.2 Å². The van der Waals surface area contributed by atoms with Crippen molar-refractivity contribution in [2.75, 3.05) is 14.2 Å². The molecule has 34 heavy (non-hydrogen) atoms. The van der Waals surface area contributed by atoms with Gasteiger partial charge in [0.2, 0.25) is 5.91 Å². The van der Waals surface area contributed by atoms with E-state index >= 15 is 0 Å². The Kier molecular flexibility index (Phi) is 8.83. The molecule has 0 saturated heterocycles. The number of aromatic nitrogens is 1. The molecule has 0 saturated carbocycles. The van der Waals surface area contributed by atoms with Crippen molar-refractivity contribution in [1.29, 1.82) is 0 Å². The zero-order valence-corrected chi connectivity index (χ0v) is 22.4. The maximum absolute atomic E-state index is 13.8. The first-order valence-corrected chi connectivity index (χ1v) is 11.5. The van der Waals surface area contributed by atoms with Gasteiger partial charge < -0.3 is 19.1 Å². The number of ether oxygens (including phenoxy) is 3. The van der Waals surface area contributed by atoms with Gasteiger partial charge in [-0.2, -0.15) is 0 Å². The molecule has 2 aromatic rings. The molecule has 1 atom stereocenters. The summed E-state index contributed by atoms with van der Waals surface area (Å²) in [5.41, 5.74) is -0.392. The zero-order valence-electron chi connectivity index (χ0n) is 20.9. The van der Waals surface area contributed by atoms with Crippen LogP contribution in [-0.4, -0.2) is 41.6 Å². The third-order valence-corrected chi connectivity index (χ3v) is 5.87. The van der Waals surface area contributed by atoms with E-state index in [9.17, 15) is 9.59 Å². The van der Waals surface area contributed by atoms with Gasteiger partial charge in [0.15, 0.2) is 0 Å². The minimum Gasteiger partial charge on any atom is -0.497 e. The van der Waals surface area contributed by atoms with Crippen LogP contribution in [0.5, 0.6) is 11.5 Å². The van der Waals surface area contributed by atoms with Crippen LogP contribution in [0.25, 0.3) is 0 Å². The fourth-order valence-corrected chi connectivity index (χ4v) is 4.02. The monoisotopic (exact) mass is 510 g/mol. The van der Waals surface area contributed by atoms with Crippen LogP contribution in [0.3, 0.4) is 0 Å². The molecule has 0 aliphatic heterocycles. The number of methoxy groups -OCH3 is 2. The van der Waals surface area contributed by atoms with Gasteiger partial charge in [0.1, 0.15) is 33.3 Å². The zero-order chi connectivity index (χ0) is 25.8. The summed E-state index contributed by atoms with van der Waals surface area (Å²) in [6.07, 6.45) is 0.